The molecule has 0 radical (unpaired) electrons. The fraction of sp³-hybridized carbons (Fsp3) is 0.310. The fourth-order valence-corrected chi connectivity index (χ4v) is 4.87. The molecule has 4 rings (SSSR count). The van der Waals surface area contributed by atoms with Crippen LogP contribution in [0.2, 0.25) is 0 Å². The summed E-state index contributed by atoms with van der Waals surface area (Å²) in [6, 6.07) is 24.9. The number of para-hydroxylation sites is 1. The van der Waals surface area contributed by atoms with Crippen molar-refractivity contribution in [2.45, 2.75) is 51.2 Å². The SMILES string of the molecule is CC(C)(N)CC(=O)NC1CCc2ccccc2N(Cc2ccc(-c3ccccc3/C(N)=N/NN)cc2)C1. The van der Waals surface area contributed by atoms with Crippen molar-refractivity contribution in [1.29, 1.82) is 0 Å². The third-order valence-electron chi connectivity index (χ3n) is 6.54. The number of carbonyl (C=O) groups excluding carboxylic acids is 1. The summed E-state index contributed by atoms with van der Waals surface area (Å²) in [6.07, 6.45) is 2.11. The Balaban J connectivity index is 1.55. The van der Waals surface area contributed by atoms with E-state index in [1.54, 1.807) is 0 Å². The zero-order valence-electron chi connectivity index (χ0n) is 21.6. The van der Waals surface area contributed by atoms with E-state index in [0.29, 0.717) is 12.3 Å². The summed E-state index contributed by atoms with van der Waals surface area (Å²) in [6.45, 7) is 5.21. The van der Waals surface area contributed by atoms with Gasteiger partial charge in [0, 0.05) is 42.3 Å². The van der Waals surface area contributed by atoms with Gasteiger partial charge in [0.05, 0.1) is 0 Å². The lowest BCUT2D eigenvalue weighted by atomic mass is 9.98. The molecule has 1 aliphatic heterocycles. The highest BCUT2D eigenvalue weighted by Crippen LogP contribution is 2.29. The molecule has 3 aromatic carbocycles. The third-order valence-corrected chi connectivity index (χ3v) is 6.54. The fourth-order valence-electron chi connectivity index (χ4n) is 4.87. The molecule has 194 valence electrons. The van der Waals surface area contributed by atoms with Gasteiger partial charge in [0.15, 0.2) is 5.84 Å². The molecule has 1 unspecified atom stereocenters. The van der Waals surface area contributed by atoms with Crippen molar-refractivity contribution < 1.29 is 4.79 Å². The highest BCUT2D eigenvalue weighted by atomic mass is 16.1. The van der Waals surface area contributed by atoms with Crippen LogP contribution in [0.1, 0.15) is 43.4 Å². The third kappa shape index (κ3) is 6.87. The molecule has 1 aliphatic rings. The Bertz CT molecular complexity index is 1250. The molecule has 8 nitrogen and oxygen atoms in total. The van der Waals surface area contributed by atoms with Crippen LogP contribution in [0, 0.1) is 0 Å². The predicted octanol–water partition coefficient (Wildman–Crippen LogP) is 3.00. The summed E-state index contributed by atoms with van der Waals surface area (Å²) < 4.78 is 0. The second-order valence-electron chi connectivity index (χ2n) is 10.3. The maximum Gasteiger partial charge on any atom is 0.222 e. The lowest BCUT2D eigenvalue weighted by Gasteiger charge is -2.29. The van der Waals surface area contributed by atoms with Crippen LogP contribution in [0.5, 0.6) is 0 Å². The number of nitrogens with one attached hydrogen (secondary N) is 2. The Morgan fingerprint density at radius 3 is 2.49 bits per heavy atom. The molecular formula is C29H37N7O. The van der Waals surface area contributed by atoms with Crippen molar-refractivity contribution in [2.24, 2.45) is 22.4 Å². The van der Waals surface area contributed by atoms with E-state index < -0.39 is 5.54 Å². The van der Waals surface area contributed by atoms with Crippen molar-refractivity contribution in [3.8, 4) is 11.1 Å². The van der Waals surface area contributed by atoms with Crippen LogP contribution in [0.25, 0.3) is 11.1 Å². The number of amidine groups is 1. The Kier molecular flexibility index (Phi) is 8.11. The number of hydrogen-bond donors (Lipinski definition) is 5. The molecule has 1 atom stereocenters. The topological polar surface area (TPSA) is 135 Å². The first-order valence-electron chi connectivity index (χ1n) is 12.6. The minimum absolute atomic E-state index is 0.000859. The van der Waals surface area contributed by atoms with E-state index >= 15 is 0 Å². The van der Waals surface area contributed by atoms with Crippen LogP contribution in [-0.4, -0.2) is 29.9 Å². The second kappa shape index (κ2) is 11.5. The van der Waals surface area contributed by atoms with Crippen LogP contribution in [0.15, 0.2) is 77.9 Å². The lowest BCUT2D eigenvalue weighted by molar-refractivity contribution is -0.122. The quantitative estimate of drug-likeness (QED) is 0.140. The first-order valence-corrected chi connectivity index (χ1v) is 12.6. The number of hydrazine groups is 1. The number of aryl methyl sites for hydroxylation is 1. The van der Waals surface area contributed by atoms with Crippen molar-refractivity contribution >= 4 is 17.4 Å². The van der Waals surface area contributed by atoms with Crippen LogP contribution in [0.4, 0.5) is 5.69 Å². The predicted molar refractivity (Wildman–Crippen MR) is 151 cm³/mol. The van der Waals surface area contributed by atoms with Crippen molar-refractivity contribution in [3.05, 3.63) is 89.5 Å². The maximum atomic E-state index is 12.6. The molecule has 0 aromatic heterocycles. The van der Waals surface area contributed by atoms with E-state index in [2.05, 4.69) is 69.4 Å². The van der Waals surface area contributed by atoms with E-state index in [4.69, 9.17) is 17.3 Å². The largest absolute Gasteiger partial charge is 0.382 e. The molecule has 1 amide bonds. The monoisotopic (exact) mass is 499 g/mol. The van der Waals surface area contributed by atoms with Crippen molar-refractivity contribution in [1.82, 2.24) is 10.9 Å². The van der Waals surface area contributed by atoms with Gasteiger partial charge in [0.2, 0.25) is 5.91 Å². The lowest BCUT2D eigenvalue weighted by Crippen LogP contribution is -2.46. The van der Waals surface area contributed by atoms with Crippen LogP contribution < -0.4 is 33.1 Å². The average Bonchev–Trinajstić information content (AvgIpc) is 3.03. The smallest absolute Gasteiger partial charge is 0.222 e. The minimum atomic E-state index is -0.533. The number of nitrogens with two attached hydrogens (primary N) is 3. The first-order chi connectivity index (χ1) is 17.7. The number of rotatable bonds is 8. The van der Waals surface area contributed by atoms with E-state index in [-0.39, 0.29) is 11.9 Å². The molecule has 0 aliphatic carbocycles. The van der Waals surface area contributed by atoms with Crippen LogP contribution in [-0.2, 0) is 17.8 Å². The summed E-state index contributed by atoms with van der Waals surface area (Å²) in [5.41, 5.74) is 20.4. The Labute approximate surface area is 218 Å². The Morgan fingerprint density at radius 1 is 1.05 bits per heavy atom. The Hall–Kier alpha value is -3.88. The van der Waals surface area contributed by atoms with Gasteiger partial charge in [-0.2, -0.15) is 0 Å². The number of anilines is 1. The average molecular weight is 500 g/mol. The minimum Gasteiger partial charge on any atom is -0.382 e. The molecule has 0 spiro atoms. The van der Waals surface area contributed by atoms with Crippen molar-refractivity contribution in [2.75, 3.05) is 11.4 Å². The van der Waals surface area contributed by atoms with Gasteiger partial charge in [-0.3, -0.25) is 4.79 Å². The molecule has 8 N–H and O–H groups in total. The highest BCUT2D eigenvalue weighted by Gasteiger charge is 2.25. The molecule has 0 saturated heterocycles. The van der Waals surface area contributed by atoms with Gasteiger partial charge < -0.3 is 21.7 Å². The summed E-state index contributed by atoms with van der Waals surface area (Å²) in [5.74, 6) is 5.65. The van der Waals surface area contributed by atoms with Gasteiger partial charge in [-0.05, 0) is 55.0 Å². The molecule has 1 heterocycles. The van der Waals surface area contributed by atoms with Gasteiger partial charge in [-0.15, -0.1) is 5.10 Å². The molecule has 0 fully saturated rings. The molecule has 0 saturated carbocycles. The van der Waals surface area contributed by atoms with E-state index in [9.17, 15) is 4.79 Å². The maximum absolute atomic E-state index is 12.6. The highest BCUT2D eigenvalue weighted by molar-refractivity contribution is 6.03. The van der Waals surface area contributed by atoms with Crippen molar-refractivity contribution in [3.63, 3.8) is 0 Å². The van der Waals surface area contributed by atoms with E-state index in [1.807, 2.05) is 38.1 Å². The number of fused-ring (bicyclic) bond motifs is 1. The molecular weight excluding hydrogens is 462 g/mol. The zero-order valence-corrected chi connectivity index (χ0v) is 21.6. The van der Waals surface area contributed by atoms with E-state index in [0.717, 1.165) is 42.6 Å². The summed E-state index contributed by atoms with van der Waals surface area (Å²) in [7, 11) is 0. The second-order valence-corrected chi connectivity index (χ2v) is 10.3. The van der Waals surface area contributed by atoms with Crippen LogP contribution in [0.3, 0.4) is 0 Å². The van der Waals surface area contributed by atoms with Crippen LogP contribution >= 0.6 is 0 Å². The summed E-state index contributed by atoms with van der Waals surface area (Å²) in [5, 5.41) is 7.16. The zero-order chi connectivity index (χ0) is 26.4. The Morgan fingerprint density at radius 2 is 1.76 bits per heavy atom. The summed E-state index contributed by atoms with van der Waals surface area (Å²) >= 11 is 0. The number of nitrogens with zero attached hydrogens (tertiary/aromatic N) is 2. The number of benzene rings is 3. The molecule has 37 heavy (non-hydrogen) atoms. The normalized spacial score (nSPS) is 16.1. The molecule has 3 aromatic rings. The molecule has 8 heteroatoms. The van der Waals surface area contributed by atoms with Gasteiger partial charge in [0.25, 0.3) is 0 Å². The van der Waals surface area contributed by atoms with Gasteiger partial charge in [0.1, 0.15) is 0 Å². The number of hydrazone groups is 1. The standard InChI is InChI=1S/C29H37N7O/c1-29(2,31)17-27(37)33-23-16-15-22-7-3-6-10-26(22)36(19-23)18-20-11-13-21(14-12-20)24-8-4-5-9-25(24)28(30)34-35-32/h3-14,23,35H,15-19,31-32H2,1-2H3,(H2,30,34)(H,33,37). The molecule has 0 bridgehead atoms. The number of hydrogen-bond acceptors (Lipinski definition) is 6. The van der Waals surface area contributed by atoms with Gasteiger partial charge >= 0.3 is 0 Å². The number of carbonyl (C=O) groups is 1. The van der Waals surface area contributed by atoms with Gasteiger partial charge in [-0.1, -0.05) is 66.7 Å². The van der Waals surface area contributed by atoms with Gasteiger partial charge in [-0.25, -0.2) is 11.4 Å². The summed E-state index contributed by atoms with van der Waals surface area (Å²) in [4.78, 5) is 15.0. The van der Waals surface area contributed by atoms with E-state index in [1.165, 1.54) is 16.8 Å². The first kappa shape index (κ1) is 26.2. The number of amides is 1.